The molecule has 1 amide bonds. The van der Waals surface area contributed by atoms with Crippen molar-refractivity contribution in [3.05, 3.63) is 91.0 Å². The van der Waals surface area contributed by atoms with Crippen molar-refractivity contribution in [2.75, 3.05) is 12.4 Å². The average Bonchev–Trinajstić information content (AvgIpc) is 3.30. The number of ether oxygens (including phenoxy) is 2. The number of amides is 1. The molecule has 7 nitrogen and oxygen atoms in total. The Labute approximate surface area is 167 Å². The molecule has 0 saturated heterocycles. The standard InChI is InChI=1S/C22H18N4O3/c1-28-20-4-2-3-5-21(20)29-19-12-8-17(9-13-19)25-22(27)16-6-10-18(11-7-16)26-15-23-14-24-26/h2-15H,1H3,(H,25,27). The molecule has 0 bridgehead atoms. The molecular formula is C22H18N4O3. The summed E-state index contributed by atoms with van der Waals surface area (Å²) in [5.41, 5.74) is 2.04. The van der Waals surface area contributed by atoms with Crippen LogP contribution in [0, 0.1) is 0 Å². The van der Waals surface area contributed by atoms with Gasteiger partial charge in [0.2, 0.25) is 0 Å². The van der Waals surface area contributed by atoms with Crippen LogP contribution in [0.25, 0.3) is 5.69 Å². The molecule has 144 valence electrons. The summed E-state index contributed by atoms with van der Waals surface area (Å²) in [5.74, 6) is 1.72. The number of rotatable bonds is 6. The molecule has 29 heavy (non-hydrogen) atoms. The molecule has 1 N–H and O–H groups in total. The Kier molecular flexibility index (Phi) is 5.20. The highest BCUT2D eigenvalue weighted by Gasteiger charge is 2.08. The molecule has 1 heterocycles. The van der Waals surface area contributed by atoms with Crippen LogP contribution in [0.1, 0.15) is 10.4 Å². The lowest BCUT2D eigenvalue weighted by atomic mass is 10.2. The van der Waals surface area contributed by atoms with E-state index in [1.165, 1.54) is 6.33 Å². The van der Waals surface area contributed by atoms with Gasteiger partial charge in [0.15, 0.2) is 11.5 Å². The minimum atomic E-state index is -0.200. The molecule has 0 unspecified atom stereocenters. The number of aromatic nitrogens is 3. The van der Waals surface area contributed by atoms with E-state index in [9.17, 15) is 4.79 Å². The van der Waals surface area contributed by atoms with Crippen LogP contribution in [0.15, 0.2) is 85.5 Å². The molecule has 7 heteroatoms. The number of carbonyl (C=O) groups is 1. The monoisotopic (exact) mass is 386 g/mol. The highest BCUT2D eigenvalue weighted by molar-refractivity contribution is 6.04. The van der Waals surface area contributed by atoms with Crippen molar-refractivity contribution in [3.63, 3.8) is 0 Å². The Balaban J connectivity index is 1.41. The first-order chi connectivity index (χ1) is 14.2. The van der Waals surface area contributed by atoms with Gasteiger partial charge in [0, 0.05) is 11.3 Å². The van der Waals surface area contributed by atoms with E-state index in [4.69, 9.17) is 9.47 Å². The Hall–Kier alpha value is -4.13. The quantitative estimate of drug-likeness (QED) is 0.534. The van der Waals surface area contributed by atoms with Gasteiger partial charge in [-0.3, -0.25) is 4.79 Å². The number of benzene rings is 3. The summed E-state index contributed by atoms with van der Waals surface area (Å²) in [4.78, 5) is 16.4. The Morgan fingerprint density at radius 2 is 1.66 bits per heavy atom. The number of hydrogen-bond donors (Lipinski definition) is 1. The van der Waals surface area contributed by atoms with Crippen LogP contribution in [-0.4, -0.2) is 27.8 Å². The maximum atomic E-state index is 12.5. The van der Waals surface area contributed by atoms with Gasteiger partial charge in [-0.05, 0) is 60.7 Å². The van der Waals surface area contributed by atoms with E-state index in [0.29, 0.717) is 28.5 Å². The molecule has 0 aliphatic carbocycles. The van der Waals surface area contributed by atoms with Crippen molar-refractivity contribution >= 4 is 11.6 Å². The van der Waals surface area contributed by atoms with Gasteiger partial charge >= 0.3 is 0 Å². The highest BCUT2D eigenvalue weighted by atomic mass is 16.5. The lowest BCUT2D eigenvalue weighted by molar-refractivity contribution is 0.102. The number of anilines is 1. The van der Waals surface area contributed by atoms with Gasteiger partial charge < -0.3 is 14.8 Å². The SMILES string of the molecule is COc1ccccc1Oc1ccc(NC(=O)c2ccc(-n3cncn3)cc2)cc1. The minimum absolute atomic E-state index is 0.200. The first-order valence-electron chi connectivity index (χ1n) is 8.90. The molecule has 0 saturated carbocycles. The van der Waals surface area contributed by atoms with E-state index in [1.807, 2.05) is 36.4 Å². The molecule has 0 fully saturated rings. The molecule has 0 atom stereocenters. The highest BCUT2D eigenvalue weighted by Crippen LogP contribution is 2.31. The second-order valence-corrected chi connectivity index (χ2v) is 6.12. The zero-order chi connectivity index (χ0) is 20.1. The van der Waals surface area contributed by atoms with E-state index in [0.717, 1.165) is 5.69 Å². The lowest BCUT2D eigenvalue weighted by Gasteiger charge is -2.11. The first kappa shape index (κ1) is 18.2. The van der Waals surface area contributed by atoms with Crippen molar-refractivity contribution < 1.29 is 14.3 Å². The predicted octanol–water partition coefficient (Wildman–Crippen LogP) is 4.32. The molecular weight excluding hydrogens is 368 g/mol. The van der Waals surface area contributed by atoms with E-state index < -0.39 is 0 Å². The number of hydrogen-bond acceptors (Lipinski definition) is 5. The summed E-state index contributed by atoms with van der Waals surface area (Å²) in [6.45, 7) is 0. The third-order valence-corrected chi connectivity index (χ3v) is 4.22. The predicted molar refractivity (Wildman–Crippen MR) is 109 cm³/mol. The van der Waals surface area contributed by atoms with Crippen LogP contribution >= 0.6 is 0 Å². The number of para-hydroxylation sites is 2. The Bertz CT molecular complexity index is 1090. The van der Waals surface area contributed by atoms with Gasteiger partial charge in [-0.15, -0.1) is 0 Å². The van der Waals surface area contributed by atoms with Crippen molar-refractivity contribution in [2.24, 2.45) is 0 Å². The molecule has 0 radical (unpaired) electrons. The number of carbonyl (C=O) groups excluding carboxylic acids is 1. The molecule has 1 aromatic heterocycles. The number of nitrogens with one attached hydrogen (secondary N) is 1. The van der Waals surface area contributed by atoms with Gasteiger partial charge in [-0.2, -0.15) is 5.10 Å². The van der Waals surface area contributed by atoms with Crippen LogP contribution in [0.5, 0.6) is 17.2 Å². The van der Waals surface area contributed by atoms with Gasteiger partial charge in [-0.25, -0.2) is 9.67 Å². The third-order valence-electron chi connectivity index (χ3n) is 4.22. The normalized spacial score (nSPS) is 10.4. The lowest BCUT2D eigenvalue weighted by Crippen LogP contribution is -2.11. The Morgan fingerprint density at radius 1 is 0.931 bits per heavy atom. The summed E-state index contributed by atoms with van der Waals surface area (Å²) >= 11 is 0. The summed E-state index contributed by atoms with van der Waals surface area (Å²) < 4.78 is 12.8. The molecule has 3 aromatic carbocycles. The third kappa shape index (κ3) is 4.24. The van der Waals surface area contributed by atoms with Gasteiger partial charge in [0.1, 0.15) is 18.4 Å². The topological polar surface area (TPSA) is 78.3 Å². The first-order valence-corrected chi connectivity index (χ1v) is 8.90. The fourth-order valence-electron chi connectivity index (χ4n) is 2.75. The van der Waals surface area contributed by atoms with Crippen molar-refractivity contribution in [1.29, 1.82) is 0 Å². The zero-order valence-corrected chi connectivity index (χ0v) is 15.6. The second-order valence-electron chi connectivity index (χ2n) is 6.12. The number of methoxy groups -OCH3 is 1. The largest absolute Gasteiger partial charge is 0.493 e. The second kappa shape index (κ2) is 8.26. The summed E-state index contributed by atoms with van der Waals surface area (Å²) in [6.07, 6.45) is 3.06. The summed E-state index contributed by atoms with van der Waals surface area (Å²) in [6, 6.07) is 21.7. The van der Waals surface area contributed by atoms with Crippen LogP contribution in [0.2, 0.25) is 0 Å². The van der Waals surface area contributed by atoms with Crippen LogP contribution < -0.4 is 14.8 Å². The van der Waals surface area contributed by atoms with E-state index in [2.05, 4.69) is 15.4 Å². The summed E-state index contributed by atoms with van der Waals surface area (Å²) in [7, 11) is 1.60. The van der Waals surface area contributed by atoms with E-state index in [-0.39, 0.29) is 5.91 Å². The van der Waals surface area contributed by atoms with Crippen molar-refractivity contribution in [2.45, 2.75) is 0 Å². The van der Waals surface area contributed by atoms with Gasteiger partial charge in [0.25, 0.3) is 5.91 Å². The van der Waals surface area contributed by atoms with Crippen molar-refractivity contribution in [3.8, 4) is 22.9 Å². The molecule has 4 aromatic rings. The molecule has 0 spiro atoms. The molecule has 0 aliphatic rings. The smallest absolute Gasteiger partial charge is 0.255 e. The minimum Gasteiger partial charge on any atom is -0.493 e. The van der Waals surface area contributed by atoms with E-state index in [1.54, 1.807) is 54.5 Å². The zero-order valence-electron chi connectivity index (χ0n) is 15.6. The van der Waals surface area contributed by atoms with Crippen molar-refractivity contribution in [1.82, 2.24) is 14.8 Å². The molecule has 4 rings (SSSR count). The maximum absolute atomic E-state index is 12.5. The fraction of sp³-hybridized carbons (Fsp3) is 0.0455. The average molecular weight is 386 g/mol. The van der Waals surface area contributed by atoms with Crippen LogP contribution in [0.4, 0.5) is 5.69 Å². The number of nitrogens with zero attached hydrogens (tertiary/aromatic N) is 3. The maximum Gasteiger partial charge on any atom is 0.255 e. The fourth-order valence-corrected chi connectivity index (χ4v) is 2.75. The van der Waals surface area contributed by atoms with Crippen LogP contribution in [0.3, 0.4) is 0 Å². The van der Waals surface area contributed by atoms with Gasteiger partial charge in [-0.1, -0.05) is 12.1 Å². The van der Waals surface area contributed by atoms with Crippen LogP contribution in [-0.2, 0) is 0 Å². The van der Waals surface area contributed by atoms with Gasteiger partial charge in [0.05, 0.1) is 12.8 Å². The summed E-state index contributed by atoms with van der Waals surface area (Å²) in [5, 5.41) is 6.94. The Morgan fingerprint density at radius 3 is 2.31 bits per heavy atom. The van der Waals surface area contributed by atoms with E-state index >= 15 is 0 Å². The molecule has 0 aliphatic heterocycles.